The van der Waals surface area contributed by atoms with Crippen LogP contribution in [0.1, 0.15) is 18.1 Å². The van der Waals surface area contributed by atoms with Gasteiger partial charge in [0.05, 0.1) is 5.52 Å². The van der Waals surface area contributed by atoms with E-state index in [1.165, 1.54) is 0 Å². The van der Waals surface area contributed by atoms with Crippen molar-refractivity contribution in [3.8, 4) is 0 Å². The van der Waals surface area contributed by atoms with Gasteiger partial charge in [0, 0.05) is 10.9 Å². The highest BCUT2D eigenvalue weighted by Gasteiger charge is 2.10. The molecule has 1 heterocycles. The van der Waals surface area contributed by atoms with Crippen molar-refractivity contribution in [3.63, 3.8) is 0 Å². The molecule has 0 saturated carbocycles. The molecule has 1 aromatic carbocycles. The van der Waals surface area contributed by atoms with Gasteiger partial charge >= 0.3 is 0 Å². The van der Waals surface area contributed by atoms with E-state index < -0.39 is 0 Å². The Morgan fingerprint density at radius 2 is 2.06 bits per heavy atom. The average molecular weight is 210 g/mol. The second-order valence-corrected chi connectivity index (χ2v) is 3.79. The highest BCUT2D eigenvalue weighted by atomic mass is 14.8. The molecule has 0 saturated heterocycles. The summed E-state index contributed by atoms with van der Waals surface area (Å²) in [6, 6.07) is 7.91. The van der Waals surface area contributed by atoms with Gasteiger partial charge in [0.25, 0.3) is 0 Å². The number of aromatic nitrogens is 1. The fourth-order valence-electron chi connectivity index (χ4n) is 1.91. The maximum Gasteiger partial charge on any atom is 0.131 e. The van der Waals surface area contributed by atoms with Gasteiger partial charge in [0.1, 0.15) is 5.82 Å². The van der Waals surface area contributed by atoms with Crippen LogP contribution in [0.4, 0.5) is 5.82 Å². The van der Waals surface area contributed by atoms with Crippen LogP contribution >= 0.6 is 0 Å². The first-order chi connectivity index (χ1) is 7.65. The van der Waals surface area contributed by atoms with Crippen molar-refractivity contribution in [3.05, 3.63) is 48.6 Å². The van der Waals surface area contributed by atoms with Crippen LogP contribution in [0.2, 0.25) is 0 Å². The summed E-state index contributed by atoms with van der Waals surface area (Å²) in [5.74, 6) is 0.506. The van der Waals surface area contributed by atoms with E-state index in [0.717, 1.165) is 27.6 Å². The Balaban J connectivity index is 2.98. The van der Waals surface area contributed by atoms with Gasteiger partial charge in [-0.15, -0.1) is 0 Å². The lowest BCUT2D eigenvalue weighted by molar-refractivity contribution is 1.38. The monoisotopic (exact) mass is 210 g/mol. The lowest BCUT2D eigenvalue weighted by Crippen LogP contribution is -1.99. The summed E-state index contributed by atoms with van der Waals surface area (Å²) in [6.07, 6.45) is 1.73. The first-order valence-corrected chi connectivity index (χ1v) is 5.11. The molecule has 0 atom stereocenters. The molecular weight excluding hydrogens is 196 g/mol. The molecule has 2 rings (SSSR count). The largest absolute Gasteiger partial charge is 0.383 e. The molecule has 0 fully saturated rings. The number of para-hydroxylation sites is 1. The van der Waals surface area contributed by atoms with Crippen LogP contribution in [0.15, 0.2) is 37.4 Å². The molecule has 0 bridgehead atoms. The standard InChI is InChI=1S/C14H14N2/c1-4-10-13(9(2)3)11-7-5-6-8-12(11)16-14(10)15/h4-8H,1-2H2,3H3,(H2,15,16). The number of rotatable bonds is 2. The van der Waals surface area contributed by atoms with Gasteiger partial charge < -0.3 is 5.73 Å². The van der Waals surface area contributed by atoms with E-state index in [4.69, 9.17) is 5.73 Å². The highest BCUT2D eigenvalue weighted by molar-refractivity contribution is 5.96. The van der Waals surface area contributed by atoms with Gasteiger partial charge in [0.2, 0.25) is 0 Å². The Kier molecular flexibility index (Phi) is 2.49. The number of hydrogen-bond donors (Lipinski definition) is 1. The molecule has 0 aliphatic heterocycles. The molecule has 0 amide bonds. The minimum Gasteiger partial charge on any atom is -0.383 e. The molecule has 0 aliphatic carbocycles. The number of anilines is 1. The van der Waals surface area contributed by atoms with Crippen LogP contribution in [-0.4, -0.2) is 4.98 Å². The summed E-state index contributed by atoms with van der Waals surface area (Å²) >= 11 is 0. The SMILES string of the molecule is C=Cc1c(N)nc2ccccc2c1C(=C)C. The van der Waals surface area contributed by atoms with E-state index in [-0.39, 0.29) is 0 Å². The van der Waals surface area contributed by atoms with Crippen molar-refractivity contribution in [2.45, 2.75) is 6.92 Å². The van der Waals surface area contributed by atoms with Crippen LogP contribution in [0.25, 0.3) is 22.6 Å². The smallest absolute Gasteiger partial charge is 0.131 e. The van der Waals surface area contributed by atoms with Crippen LogP contribution in [0, 0.1) is 0 Å². The van der Waals surface area contributed by atoms with Gasteiger partial charge in [-0.3, -0.25) is 0 Å². The number of pyridine rings is 1. The maximum absolute atomic E-state index is 5.91. The normalized spacial score (nSPS) is 10.3. The molecular formula is C14H14N2. The van der Waals surface area contributed by atoms with Gasteiger partial charge in [-0.05, 0) is 24.1 Å². The van der Waals surface area contributed by atoms with Crippen molar-refractivity contribution in [1.82, 2.24) is 4.98 Å². The zero-order valence-corrected chi connectivity index (χ0v) is 9.33. The molecule has 0 aliphatic rings. The van der Waals surface area contributed by atoms with Gasteiger partial charge in [-0.25, -0.2) is 4.98 Å². The first-order valence-electron chi connectivity index (χ1n) is 5.11. The quantitative estimate of drug-likeness (QED) is 0.824. The highest BCUT2D eigenvalue weighted by Crippen LogP contribution is 2.30. The van der Waals surface area contributed by atoms with E-state index in [9.17, 15) is 0 Å². The van der Waals surface area contributed by atoms with Crippen molar-refractivity contribution in [2.24, 2.45) is 0 Å². The Morgan fingerprint density at radius 3 is 2.69 bits per heavy atom. The van der Waals surface area contributed by atoms with Crippen LogP contribution in [0.5, 0.6) is 0 Å². The number of benzene rings is 1. The van der Waals surface area contributed by atoms with Crippen LogP contribution < -0.4 is 5.73 Å². The number of hydrogen-bond acceptors (Lipinski definition) is 2. The number of nitrogens with two attached hydrogens (primary N) is 1. The summed E-state index contributed by atoms with van der Waals surface area (Å²) in [6.45, 7) is 9.74. The third kappa shape index (κ3) is 1.48. The number of nitrogens with zero attached hydrogens (tertiary/aromatic N) is 1. The molecule has 2 heteroatoms. The van der Waals surface area contributed by atoms with Gasteiger partial charge in [-0.2, -0.15) is 0 Å². The number of fused-ring (bicyclic) bond motifs is 1. The lowest BCUT2D eigenvalue weighted by Gasteiger charge is -2.12. The summed E-state index contributed by atoms with van der Waals surface area (Å²) in [5, 5.41) is 1.07. The van der Waals surface area contributed by atoms with Crippen molar-refractivity contribution >= 4 is 28.4 Å². The van der Waals surface area contributed by atoms with Crippen molar-refractivity contribution in [2.75, 3.05) is 5.73 Å². The molecule has 0 unspecified atom stereocenters. The summed E-state index contributed by atoms with van der Waals surface area (Å²) in [5.41, 5.74) is 9.68. The van der Waals surface area contributed by atoms with E-state index >= 15 is 0 Å². The summed E-state index contributed by atoms with van der Waals surface area (Å²) < 4.78 is 0. The first kappa shape index (κ1) is 10.4. The Hall–Kier alpha value is -2.09. The zero-order chi connectivity index (χ0) is 11.7. The predicted octanol–water partition coefficient (Wildman–Crippen LogP) is 3.49. The van der Waals surface area contributed by atoms with E-state index in [2.05, 4.69) is 18.1 Å². The van der Waals surface area contributed by atoms with Crippen LogP contribution in [-0.2, 0) is 0 Å². The van der Waals surface area contributed by atoms with E-state index in [1.807, 2.05) is 31.2 Å². The third-order valence-corrected chi connectivity index (χ3v) is 2.59. The summed E-state index contributed by atoms with van der Waals surface area (Å²) in [7, 11) is 0. The molecule has 1 aromatic heterocycles. The van der Waals surface area contributed by atoms with Crippen LogP contribution in [0.3, 0.4) is 0 Å². The fraction of sp³-hybridized carbons (Fsp3) is 0.0714. The molecule has 16 heavy (non-hydrogen) atoms. The fourth-order valence-corrected chi connectivity index (χ4v) is 1.91. The third-order valence-electron chi connectivity index (χ3n) is 2.59. The Morgan fingerprint density at radius 1 is 1.38 bits per heavy atom. The molecule has 2 aromatic rings. The van der Waals surface area contributed by atoms with Gasteiger partial charge in [0.15, 0.2) is 0 Å². The second kappa shape index (κ2) is 3.81. The summed E-state index contributed by atoms with van der Waals surface area (Å²) in [4.78, 5) is 4.35. The second-order valence-electron chi connectivity index (χ2n) is 3.79. The van der Waals surface area contributed by atoms with Crippen molar-refractivity contribution < 1.29 is 0 Å². The number of nitrogen functional groups attached to an aromatic ring is 1. The molecule has 0 radical (unpaired) electrons. The average Bonchev–Trinajstić information content (AvgIpc) is 2.26. The lowest BCUT2D eigenvalue weighted by atomic mass is 9.97. The van der Waals surface area contributed by atoms with Gasteiger partial charge in [-0.1, -0.05) is 37.4 Å². The zero-order valence-electron chi connectivity index (χ0n) is 9.33. The van der Waals surface area contributed by atoms with Crippen molar-refractivity contribution in [1.29, 1.82) is 0 Å². The minimum absolute atomic E-state index is 0.506. The Bertz CT molecular complexity index is 583. The Labute approximate surface area is 95.1 Å². The molecule has 2 N–H and O–H groups in total. The molecule has 0 spiro atoms. The van der Waals surface area contributed by atoms with E-state index in [0.29, 0.717) is 5.82 Å². The number of allylic oxidation sites excluding steroid dienone is 1. The predicted molar refractivity (Wildman–Crippen MR) is 71.0 cm³/mol. The molecule has 2 nitrogen and oxygen atoms in total. The minimum atomic E-state index is 0.506. The molecule has 80 valence electrons. The maximum atomic E-state index is 5.91. The van der Waals surface area contributed by atoms with E-state index in [1.54, 1.807) is 6.08 Å². The topological polar surface area (TPSA) is 38.9 Å².